The van der Waals surface area contributed by atoms with E-state index in [1.165, 1.54) is 4.90 Å². The van der Waals surface area contributed by atoms with E-state index < -0.39 is 0 Å². The molecule has 0 aliphatic heterocycles. The number of hydrogen-bond donors (Lipinski definition) is 2. The predicted molar refractivity (Wildman–Crippen MR) is 65.1 cm³/mol. The van der Waals surface area contributed by atoms with Crippen LogP contribution in [0.15, 0.2) is 18.2 Å². The molecule has 94 valence electrons. The number of amides is 1. The molecule has 5 nitrogen and oxygen atoms in total. The number of likely N-dealkylation sites (N-methyl/N-ethyl adjacent to an activating group) is 1. The Morgan fingerprint density at radius 1 is 1.47 bits per heavy atom. The molecule has 0 spiro atoms. The number of carbonyl (C=O) groups is 1. The van der Waals surface area contributed by atoms with E-state index in [1.807, 2.05) is 0 Å². The minimum Gasteiger partial charge on any atom is -0.508 e. The van der Waals surface area contributed by atoms with Crippen LogP contribution in [0.4, 0.5) is 0 Å². The number of rotatable bonds is 5. The number of hydrogen-bond acceptors (Lipinski definition) is 4. The van der Waals surface area contributed by atoms with Crippen molar-refractivity contribution in [3.8, 4) is 11.5 Å². The van der Waals surface area contributed by atoms with Crippen molar-refractivity contribution in [2.24, 2.45) is 0 Å². The van der Waals surface area contributed by atoms with E-state index in [9.17, 15) is 9.90 Å². The summed E-state index contributed by atoms with van der Waals surface area (Å²) in [5.41, 5.74) is 0.705. The molecule has 1 aromatic carbocycles. The van der Waals surface area contributed by atoms with Crippen molar-refractivity contribution in [2.45, 2.75) is 6.54 Å². The van der Waals surface area contributed by atoms with Gasteiger partial charge in [-0.25, -0.2) is 0 Å². The van der Waals surface area contributed by atoms with Crippen LogP contribution in [0.1, 0.15) is 5.56 Å². The average molecular weight is 238 g/mol. The van der Waals surface area contributed by atoms with E-state index in [2.05, 4.69) is 5.32 Å². The van der Waals surface area contributed by atoms with Crippen molar-refractivity contribution in [1.29, 1.82) is 0 Å². The van der Waals surface area contributed by atoms with Gasteiger partial charge in [-0.05, 0) is 18.2 Å². The third-order valence-corrected chi connectivity index (χ3v) is 2.38. The third kappa shape index (κ3) is 3.96. The molecule has 0 atom stereocenters. The van der Waals surface area contributed by atoms with E-state index in [1.54, 1.807) is 39.4 Å². The first-order chi connectivity index (χ1) is 8.04. The number of nitrogens with zero attached hydrogens (tertiary/aromatic N) is 1. The van der Waals surface area contributed by atoms with Crippen LogP contribution in [0.25, 0.3) is 0 Å². The molecular formula is C12H18N2O3. The first-order valence-electron chi connectivity index (χ1n) is 5.31. The van der Waals surface area contributed by atoms with E-state index >= 15 is 0 Å². The summed E-state index contributed by atoms with van der Waals surface area (Å²) in [7, 11) is 4.97. The molecule has 0 saturated heterocycles. The Hall–Kier alpha value is -1.75. The molecule has 1 amide bonds. The highest BCUT2D eigenvalue weighted by Gasteiger charge is 2.06. The summed E-state index contributed by atoms with van der Waals surface area (Å²) in [5.74, 6) is 0.863. The van der Waals surface area contributed by atoms with E-state index in [0.717, 1.165) is 0 Å². The van der Waals surface area contributed by atoms with Crippen LogP contribution >= 0.6 is 0 Å². The van der Waals surface area contributed by atoms with Crippen LogP contribution in [0.3, 0.4) is 0 Å². The van der Waals surface area contributed by atoms with Gasteiger partial charge in [-0.1, -0.05) is 0 Å². The molecule has 5 heteroatoms. The van der Waals surface area contributed by atoms with Crippen LogP contribution in [-0.4, -0.2) is 43.7 Å². The van der Waals surface area contributed by atoms with Crippen molar-refractivity contribution in [1.82, 2.24) is 10.2 Å². The molecule has 0 fully saturated rings. The molecule has 0 aliphatic rings. The molecule has 0 unspecified atom stereocenters. The summed E-state index contributed by atoms with van der Waals surface area (Å²) in [6, 6.07) is 5.00. The first kappa shape index (κ1) is 13.3. The van der Waals surface area contributed by atoms with Crippen LogP contribution in [0.2, 0.25) is 0 Å². The number of methoxy groups -OCH3 is 1. The van der Waals surface area contributed by atoms with Gasteiger partial charge in [0.2, 0.25) is 5.91 Å². The molecule has 0 saturated carbocycles. The molecule has 17 heavy (non-hydrogen) atoms. The number of benzene rings is 1. The summed E-state index contributed by atoms with van der Waals surface area (Å²) < 4.78 is 5.06. The topological polar surface area (TPSA) is 61.8 Å². The maximum atomic E-state index is 11.3. The molecule has 0 bridgehead atoms. The number of phenolic OH excluding ortho intramolecular Hbond substituents is 1. The molecule has 2 N–H and O–H groups in total. The fourth-order valence-corrected chi connectivity index (χ4v) is 1.29. The number of ether oxygens (including phenoxy) is 1. The number of aromatic hydroxyl groups is 1. The Labute approximate surface area is 101 Å². The van der Waals surface area contributed by atoms with Gasteiger partial charge in [0.1, 0.15) is 11.5 Å². The van der Waals surface area contributed by atoms with Crippen molar-refractivity contribution >= 4 is 5.91 Å². The monoisotopic (exact) mass is 238 g/mol. The highest BCUT2D eigenvalue weighted by molar-refractivity contribution is 5.77. The lowest BCUT2D eigenvalue weighted by atomic mass is 10.2. The van der Waals surface area contributed by atoms with Gasteiger partial charge < -0.3 is 20.1 Å². The lowest BCUT2D eigenvalue weighted by Gasteiger charge is -2.12. The fourth-order valence-electron chi connectivity index (χ4n) is 1.29. The van der Waals surface area contributed by atoms with Gasteiger partial charge in [0.15, 0.2) is 0 Å². The smallest absolute Gasteiger partial charge is 0.236 e. The molecular weight excluding hydrogens is 220 g/mol. The summed E-state index contributed by atoms with van der Waals surface area (Å²) in [5, 5.41) is 12.6. The second-order valence-corrected chi connectivity index (χ2v) is 3.89. The second-order valence-electron chi connectivity index (χ2n) is 3.89. The predicted octanol–water partition coefficient (Wildman–Crippen LogP) is 0.579. The van der Waals surface area contributed by atoms with Gasteiger partial charge in [0.25, 0.3) is 0 Å². The highest BCUT2D eigenvalue weighted by atomic mass is 16.5. The van der Waals surface area contributed by atoms with Gasteiger partial charge in [0, 0.05) is 26.2 Å². The molecule has 1 aromatic rings. The number of carbonyl (C=O) groups excluding carboxylic acids is 1. The molecule has 0 aromatic heterocycles. The SMILES string of the molecule is COc1ccc(O)c(CNCC(=O)N(C)C)c1. The van der Waals surface area contributed by atoms with Crippen LogP contribution in [-0.2, 0) is 11.3 Å². The zero-order chi connectivity index (χ0) is 12.8. The van der Waals surface area contributed by atoms with Crippen molar-refractivity contribution in [2.75, 3.05) is 27.7 Å². The van der Waals surface area contributed by atoms with Gasteiger partial charge in [0.05, 0.1) is 13.7 Å². The molecule has 1 rings (SSSR count). The van der Waals surface area contributed by atoms with Crippen LogP contribution in [0, 0.1) is 0 Å². The fraction of sp³-hybridized carbons (Fsp3) is 0.417. The highest BCUT2D eigenvalue weighted by Crippen LogP contribution is 2.22. The van der Waals surface area contributed by atoms with Gasteiger partial charge in [-0.3, -0.25) is 4.79 Å². The van der Waals surface area contributed by atoms with Gasteiger partial charge in [-0.15, -0.1) is 0 Å². The minimum absolute atomic E-state index is 0.00705. The Morgan fingerprint density at radius 3 is 2.76 bits per heavy atom. The Bertz CT molecular complexity index is 391. The normalized spacial score (nSPS) is 10.1. The third-order valence-electron chi connectivity index (χ3n) is 2.38. The Kier molecular flexibility index (Phi) is 4.78. The maximum Gasteiger partial charge on any atom is 0.236 e. The van der Waals surface area contributed by atoms with Crippen LogP contribution in [0.5, 0.6) is 11.5 Å². The standard InChI is InChI=1S/C12H18N2O3/c1-14(2)12(16)8-13-7-9-6-10(17-3)4-5-11(9)15/h4-6,13,15H,7-8H2,1-3H3. The largest absolute Gasteiger partial charge is 0.508 e. The lowest BCUT2D eigenvalue weighted by molar-refractivity contribution is -0.127. The van der Waals surface area contributed by atoms with E-state index in [4.69, 9.17) is 4.74 Å². The Balaban J connectivity index is 2.54. The first-order valence-corrected chi connectivity index (χ1v) is 5.31. The molecule has 0 heterocycles. The van der Waals surface area contributed by atoms with Crippen molar-refractivity contribution in [3.05, 3.63) is 23.8 Å². The van der Waals surface area contributed by atoms with Gasteiger partial charge in [-0.2, -0.15) is 0 Å². The average Bonchev–Trinajstić information content (AvgIpc) is 2.31. The van der Waals surface area contributed by atoms with E-state index in [-0.39, 0.29) is 18.2 Å². The molecule has 0 aliphatic carbocycles. The maximum absolute atomic E-state index is 11.3. The zero-order valence-corrected chi connectivity index (χ0v) is 10.4. The van der Waals surface area contributed by atoms with E-state index in [0.29, 0.717) is 17.9 Å². The van der Waals surface area contributed by atoms with Gasteiger partial charge >= 0.3 is 0 Å². The summed E-state index contributed by atoms with van der Waals surface area (Å²) >= 11 is 0. The minimum atomic E-state index is -0.00705. The summed E-state index contributed by atoms with van der Waals surface area (Å²) in [6.07, 6.45) is 0. The summed E-state index contributed by atoms with van der Waals surface area (Å²) in [4.78, 5) is 12.8. The number of phenols is 1. The van der Waals surface area contributed by atoms with Crippen molar-refractivity contribution < 1.29 is 14.6 Å². The summed E-state index contributed by atoms with van der Waals surface area (Å²) in [6.45, 7) is 0.659. The zero-order valence-electron chi connectivity index (χ0n) is 10.4. The quantitative estimate of drug-likeness (QED) is 0.787. The second kappa shape index (κ2) is 6.10. The van der Waals surface area contributed by atoms with Crippen LogP contribution < -0.4 is 10.1 Å². The lowest BCUT2D eigenvalue weighted by Crippen LogP contribution is -2.32. The van der Waals surface area contributed by atoms with Crippen molar-refractivity contribution in [3.63, 3.8) is 0 Å². The Morgan fingerprint density at radius 2 is 2.18 bits per heavy atom. The molecule has 0 radical (unpaired) electrons. The number of nitrogens with one attached hydrogen (secondary N) is 1.